The number of nitrogens with zero attached hydrogens (tertiary/aromatic N) is 2. The minimum atomic E-state index is -0.293. The first-order valence-corrected chi connectivity index (χ1v) is 7.43. The van der Waals surface area contributed by atoms with Crippen molar-refractivity contribution in [3.05, 3.63) is 57.5 Å². The normalized spacial score (nSPS) is 13.0. The zero-order chi connectivity index (χ0) is 13.4. The van der Waals surface area contributed by atoms with E-state index in [-0.39, 0.29) is 11.9 Å². The van der Waals surface area contributed by atoms with Gasteiger partial charge in [0.15, 0.2) is 4.96 Å². The number of imidazole rings is 1. The summed E-state index contributed by atoms with van der Waals surface area (Å²) in [5, 5.41) is 1.98. The molecule has 3 rings (SSSR count). The fourth-order valence-corrected chi connectivity index (χ4v) is 3.29. The van der Waals surface area contributed by atoms with Crippen LogP contribution < -0.4 is 5.73 Å². The summed E-state index contributed by atoms with van der Waals surface area (Å²) >= 11 is 4.82. The fraction of sp³-hybridized carbons (Fsp3) is 0.154. The quantitative estimate of drug-likeness (QED) is 0.793. The van der Waals surface area contributed by atoms with Crippen molar-refractivity contribution >= 4 is 32.2 Å². The van der Waals surface area contributed by atoms with E-state index in [1.54, 1.807) is 17.4 Å². The molecule has 1 atom stereocenters. The summed E-state index contributed by atoms with van der Waals surface area (Å²) in [5.74, 6) is -0.293. The van der Waals surface area contributed by atoms with Gasteiger partial charge in [-0.05, 0) is 27.6 Å². The van der Waals surface area contributed by atoms with Gasteiger partial charge in [0.05, 0.1) is 10.2 Å². The maximum absolute atomic E-state index is 13.5. The largest absolute Gasteiger partial charge is 0.324 e. The molecule has 0 aliphatic heterocycles. The van der Waals surface area contributed by atoms with Gasteiger partial charge in [-0.2, -0.15) is 0 Å². The van der Waals surface area contributed by atoms with E-state index in [0.717, 1.165) is 16.2 Å². The second-order valence-electron chi connectivity index (χ2n) is 4.28. The Labute approximate surface area is 122 Å². The number of rotatable bonds is 3. The predicted octanol–water partition coefficient (Wildman–Crippen LogP) is 3.54. The molecule has 0 spiro atoms. The molecule has 98 valence electrons. The number of hydrogen-bond acceptors (Lipinski definition) is 3. The van der Waals surface area contributed by atoms with Gasteiger partial charge in [0, 0.05) is 30.2 Å². The van der Waals surface area contributed by atoms with Gasteiger partial charge in [0.25, 0.3) is 0 Å². The lowest BCUT2D eigenvalue weighted by molar-refractivity contribution is 0.609. The van der Waals surface area contributed by atoms with Gasteiger partial charge in [0.1, 0.15) is 5.82 Å². The van der Waals surface area contributed by atoms with Crippen LogP contribution in [0.15, 0.2) is 40.4 Å². The van der Waals surface area contributed by atoms with Crippen LogP contribution >= 0.6 is 27.3 Å². The van der Waals surface area contributed by atoms with Crippen LogP contribution in [0, 0.1) is 5.82 Å². The van der Waals surface area contributed by atoms with E-state index < -0.39 is 0 Å². The van der Waals surface area contributed by atoms with E-state index in [9.17, 15) is 4.39 Å². The molecule has 2 heterocycles. The van der Waals surface area contributed by atoms with E-state index >= 15 is 0 Å². The van der Waals surface area contributed by atoms with Crippen molar-refractivity contribution in [2.45, 2.75) is 12.5 Å². The highest BCUT2D eigenvalue weighted by Gasteiger charge is 2.15. The highest BCUT2D eigenvalue weighted by Crippen LogP contribution is 2.27. The second-order valence-corrected chi connectivity index (χ2v) is 5.94. The monoisotopic (exact) mass is 339 g/mol. The minimum Gasteiger partial charge on any atom is -0.324 e. The number of fused-ring (bicyclic) bond motifs is 1. The predicted molar refractivity (Wildman–Crippen MR) is 77.8 cm³/mol. The number of halogens is 2. The van der Waals surface area contributed by atoms with Crippen molar-refractivity contribution in [1.82, 2.24) is 9.38 Å². The minimum absolute atomic E-state index is 0.283. The highest BCUT2D eigenvalue weighted by atomic mass is 79.9. The van der Waals surface area contributed by atoms with Gasteiger partial charge in [0.2, 0.25) is 0 Å². The van der Waals surface area contributed by atoms with Crippen molar-refractivity contribution < 1.29 is 4.39 Å². The van der Waals surface area contributed by atoms with E-state index in [1.165, 1.54) is 6.07 Å². The van der Waals surface area contributed by atoms with Gasteiger partial charge in [-0.15, -0.1) is 11.3 Å². The van der Waals surface area contributed by atoms with Crippen molar-refractivity contribution in [2.24, 2.45) is 5.73 Å². The lowest BCUT2D eigenvalue weighted by Crippen LogP contribution is -2.14. The maximum Gasteiger partial charge on any atom is 0.193 e. The molecule has 0 radical (unpaired) electrons. The average Bonchev–Trinajstić information content (AvgIpc) is 2.93. The van der Waals surface area contributed by atoms with Gasteiger partial charge in [-0.25, -0.2) is 9.37 Å². The summed E-state index contributed by atoms with van der Waals surface area (Å²) < 4.78 is 15.9. The topological polar surface area (TPSA) is 43.3 Å². The molecular formula is C13H11BrFN3S. The second kappa shape index (κ2) is 5.03. The molecule has 3 aromatic rings. The summed E-state index contributed by atoms with van der Waals surface area (Å²) in [6.07, 6.45) is 4.50. The summed E-state index contributed by atoms with van der Waals surface area (Å²) in [4.78, 5) is 5.43. The average molecular weight is 340 g/mol. The van der Waals surface area contributed by atoms with Crippen LogP contribution in [-0.2, 0) is 6.42 Å². The third-order valence-corrected chi connectivity index (χ3v) is 4.56. The summed E-state index contributed by atoms with van der Waals surface area (Å²) in [6.45, 7) is 0. The lowest BCUT2D eigenvalue weighted by atomic mass is 10.0. The Balaban J connectivity index is 1.86. The van der Waals surface area contributed by atoms with Crippen LogP contribution in [0.25, 0.3) is 4.96 Å². The molecular weight excluding hydrogens is 329 g/mol. The zero-order valence-corrected chi connectivity index (χ0v) is 12.3. The first-order valence-electron chi connectivity index (χ1n) is 5.75. The molecule has 19 heavy (non-hydrogen) atoms. The van der Waals surface area contributed by atoms with Crippen molar-refractivity contribution in [1.29, 1.82) is 0 Å². The van der Waals surface area contributed by atoms with E-state index in [0.29, 0.717) is 10.9 Å². The Morgan fingerprint density at radius 2 is 2.32 bits per heavy atom. The van der Waals surface area contributed by atoms with Gasteiger partial charge < -0.3 is 5.73 Å². The SMILES string of the molecule is NC(Cc1cn2ccsc2n1)c1cccc(F)c1Br. The number of aromatic nitrogens is 2. The summed E-state index contributed by atoms with van der Waals surface area (Å²) in [6, 6.07) is 4.62. The molecule has 2 aromatic heterocycles. The Hall–Kier alpha value is -1.24. The Bertz CT molecular complexity index is 693. The Morgan fingerprint density at radius 3 is 3.11 bits per heavy atom. The third-order valence-electron chi connectivity index (χ3n) is 2.95. The summed E-state index contributed by atoms with van der Waals surface area (Å²) in [7, 11) is 0. The van der Waals surface area contributed by atoms with Gasteiger partial charge in [-0.3, -0.25) is 4.40 Å². The number of hydrogen-bond donors (Lipinski definition) is 1. The standard InChI is InChI=1S/C13H11BrFN3S/c14-12-9(2-1-3-10(12)15)11(16)6-8-7-18-4-5-19-13(18)17-8/h1-5,7,11H,6,16H2. The molecule has 2 N–H and O–H groups in total. The lowest BCUT2D eigenvalue weighted by Gasteiger charge is -2.12. The van der Waals surface area contributed by atoms with Crippen molar-refractivity contribution in [3.63, 3.8) is 0 Å². The number of thiazole rings is 1. The van der Waals surface area contributed by atoms with Crippen molar-refractivity contribution in [2.75, 3.05) is 0 Å². The molecule has 0 amide bonds. The van der Waals surface area contributed by atoms with E-state index in [4.69, 9.17) is 5.73 Å². The molecule has 6 heteroatoms. The van der Waals surface area contributed by atoms with E-state index in [1.807, 2.05) is 28.2 Å². The molecule has 0 fully saturated rings. The number of nitrogens with two attached hydrogens (primary N) is 1. The zero-order valence-electron chi connectivity index (χ0n) is 9.88. The van der Waals surface area contributed by atoms with E-state index in [2.05, 4.69) is 20.9 Å². The van der Waals surface area contributed by atoms with Crippen LogP contribution in [0.1, 0.15) is 17.3 Å². The molecule has 0 saturated carbocycles. The van der Waals surface area contributed by atoms with Crippen LogP contribution in [0.4, 0.5) is 4.39 Å². The van der Waals surface area contributed by atoms with Crippen molar-refractivity contribution in [3.8, 4) is 0 Å². The smallest absolute Gasteiger partial charge is 0.193 e. The molecule has 1 unspecified atom stereocenters. The van der Waals surface area contributed by atoms with Crippen LogP contribution in [-0.4, -0.2) is 9.38 Å². The Morgan fingerprint density at radius 1 is 1.47 bits per heavy atom. The van der Waals surface area contributed by atoms with Crippen LogP contribution in [0.2, 0.25) is 0 Å². The number of benzene rings is 1. The fourth-order valence-electron chi connectivity index (χ4n) is 2.02. The molecule has 0 aliphatic carbocycles. The molecule has 0 bridgehead atoms. The van der Waals surface area contributed by atoms with Gasteiger partial charge >= 0.3 is 0 Å². The highest BCUT2D eigenvalue weighted by molar-refractivity contribution is 9.10. The summed E-state index contributed by atoms with van der Waals surface area (Å²) in [5.41, 5.74) is 7.82. The first-order chi connectivity index (χ1) is 9.15. The maximum atomic E-state index is 13.5. The third kappa shape index (κ3) is 2.43. The molecule has 3 nitrogen and oxygen atoms in total. The van der Waals surface area contributed by atoms with Crippen LogP contribution in [0.5, 0.6) is 0 Å². The Kier molecular flexibility index (Phi) is 3.38. The molecule has 0 saturated heterocycles. The molecule has 0 aliphatic rings. The molecule has 1 aromatic carbocycles. The van der Waals surface area contributed by atoms with Gasteiger partial charge in [-0.1, -0.05) is 12.1 Å². The first kappa shape index (κ1) is 12.8. The van der Waals surface area contributed by atoms with Crippen LogP contribution in [0.3, 0.4) is 0 Å².